The van der Waals surface area contributed by atoms with Gasteiger partial charge in [0.25, 0.3) is 0 Å². The smallest absolute Gasteiger partial charge is 0.173 e. The molecule has 0 bridgehead atoms. The SMILES string of the molecule is COc1cc(NC(=S)N2CCN(c3ccc(F)cc3)CC2)c(OC)cc1Cl. The second-order valence-electron chi connectivity index (χ2n) is 6.07. The fourth-order valence-electron chi connectivity index (χ4n) is 2.97. The van der Waals surface area contributed by atoms with E-state index in [4.69, 9.17) is 33.3 Å². The van der Waals surface area contributed by atoms with E-state index in [9.17, 15) is 4.39 Å². The van der Waals surface area contributed by atoms with Gasteiger partial charge in [-0.2, -0.15) is 0 Å². The van der Waals surface area contributed by atoms with Crippen molar-refractivity contribution in [2.75, 3.05) is 50.6 Å². The molecule has 0 saturated carbocycles. The Morgan fingerprint density at radius 2 is 1.67 bits per heavy atom. The molecule has 0 radical (unpaired) electrons. The normalized spacial score (nSPS) is 14.1. The standard InChI is InChI=1S/C19H21ClFN3O2S/c1-25-17-12-16(18(26-2)11-15(17)20)22-19(27)24-9-7-23(8-10-24)14-5-3-13(21)4-6-14/h3-6,11-12H,7-10H2,1-2H3,(H,22,27). The second-order valence-corrected chi connectivity index (χ2v) is 6.86. The van der Waals surface area contributed by atoms with Crippen molar-refractivity contribution in [2.24, 2.45) is 0 Å². The van der Waals surface area contributed by atoms with Gasteiger partial charge in [0.1, 0.15) is 17.3 Å². The molecule has 1 aliphatic rings. The predicted octanol–water partition coefficient (Wildman–Crippen LogP) is 4.02. The molecule has 0 atom stereocenters. The lowest BCUT2D eigenvalue weighted by molar-refractivity contribution is 0.389. The van der Waals surface area contributed by atoms with Crippen molar-refractivity contribution in [3.63, 3.8) is 0 Å². The van der Waals surface area contributed by atoms with Gasteiger partial charge in [-0.05, 0) is 36.5 Å². The zero-order valence-electron chi connectivity index (χ0n) is 15.2. The summed E-state index contributed by atoms with van der Waals surface area (Å²) < 4.78 is 23.7. The van der Waals surface area contributed by atoms with E-state index in [0.29, 0.717) is 27.3 Å². The third kappa shape index (κ3) is 4.54. The Bertz CT molecular complexity index is 811. The zero-order valence-corrected chi connectivity index (χ0v) is 16.7. The number of nitrogens with one attached hydrogen (secondary N) is 1. The third-order valence-electron chi connectivity index (χ3n) is 4.47. The van der Waals surface area contributed by atoms with Gasteiger partial charge in [0.05, 0.1) is 24.9 Å². The highest BCUT2D eigenvalue weighted by Crippen LogP contribution is 2.36. The molecule has 1 N–H and O–H groups in total. The van der Waals surface area contributed by atoms with E-state index in [0.717, 1.165) is 31.9 Å². The van der Waals surface area contributed by atoms with Crippen LogP contribution in [0.15, 0.2) is 36.4 Å². The highest BCUT2D eigenvalue weighted by atomic mass is 35.5. The van der Waals surface area contributed by atoms with Crippen LogP contribution in [-0.4, -0.2) is 50.4 Å². The van der Waals surface area contributed by atoms with Gasteiger partial charge in [-0.15, -0.1) is 0 Å². The molecule has 0 aliphatic carbocycles. The number of thiocarbonyl (C=S) groups is 1. The van der Waals surface area contributed by atoms with Crippen molar-refractivity contribution in [3.05, 3.63) is 47.2 Å². The number of benzene rings is 2. The number of ether oxygens (including phenoxy) is 2. The molecule has 0 spiro atoms. The van der Waals surface area contributed by atoms with Gasteiger partial charge in [0.15, 0.2) is 5.11 Å². The Hall–Kier alpha value is -2.25. The van der Waals surface area contributed by atoms with Crippen molar-refractivity contribution in [1.29, 1.82) is 0 Å². The number of hydrogen-bond acceptors (Lipinski definition) is 4. The number of hydrogen-bond donors (Lipinski definition) is 1. The van der Waals surface area contributed by atoms with Crippen LogP contribution in [0.4, 0.5) is 15.8 Å². The molecular formula is C19H21ClFN3O2S. The molecule has 8 heteroatoms. The van der Waals surface area contributed by atoms with Gasteiger partial charge in [0, 0.05) is 44.0 Å². The van der Waals surface area contributed by atoms with E-state index < -0.39 is 0 Å². The van der Waals surface area contributed by atoms with E-state index in [1.165, 1.54) is 12.1 Å². The first-order valence-electron chi connectivity index (χ1n) is 8.50. The molecule has 5 nitrogen and oxygen atoms in total. The van der Waals surface area contributed by atoms with Gasteiger partial charge in [-0.1, -0.05) is 11.6 Å². The van der Waals surface area contributed by atoms with Crippen LogP contribution >= 0.6 is 23.8 Å². The fraction of sp³-hybridized carbons (Fsp3) is 0.316. The molecule has 0 aromatic heterocycles. The van der Waals surface area contributed by atoms with E-state index in [-0.39, 0.29) is 5.82 Å². The van der Waals surface area contributed by atoms with Crippen LogP contribution in [-0.2, 0) is 0 Å². The summed E-state index contributed by atoms with van der Waals surface area (Å²) in [5, 5.41) is 4.30. The van der Waals surface area contributed by atoms with Crippen LogP contribution in [0.2, 0.25) is 5.02 Å². The van der Waals surface area contributed by atoms with E-state index in [2.05, 4.69) is 15.1 Å². The van der Waals surface area contributed by atoms with Gasteiger partial charge in [-0.3, -0.25) is 0 Å². The molecule has 27 heavy (non-hydrogen) atoms. The van der Waals surface area contributed by atoms with Crippen molar-refractivity contribution in [2.45, 2.75) is 0 Å². The largest absolute Gasteiger partial charge is 0.495 e. The summed E-state index contributed by atoms with van der Waals surface area (Å²) in [6.07, 6.45) is 0. The van der Waals surface area contributed by atoms with Crippen LogP contribution in [0.3, 0.4) is 0 Å². The fourth-order valence-corrected chi connectivity index (χ4v) is 3.50. The third-order valence-corrected chi connectivity index (χ3v) is 5.13. The Morgan fingerprint density at radius 1 is 1.04 bits per heavy atom. The van der Waals surface area contributed by atoms with E-state index in [1.807, 2.05) is 0 Å². The minimum atomic E-state index is -0.227. The summed E-state index contributed by atoms with van der Waals surface area (Å²) in [4.78, 5) is 4.31. The first-order valence-corrected chi connectivity index (χ1v) is 9.28. The first-order chi connectivity index (χ1) is 13.0. The summed E-state index contributed by atoms with van der Waals surface area (Å²) in [5.74, 6) is 0.909. The first kappa shape index (κ1) is 19.5. The van der Waals surface area contributed by atoms with Crippen LogP contribution in [0.5, 0.6) is 11.5 Å². The molecule has 0 unspecified atom stereocenters. The van der Waals surface area contributed by atoms with Gasteiger partial charge in [-0.25, -0.2) is 4.39 Å². The molecule has 1 saturated heterocycles. The topological polar surface area (TPSA) is 37.0 Å². The minimum Gasteiger partial charge on any atom is -0.495 e. The van der Waals surface area contributed by atoms with Gasteiger partial charge in [0.2, 0.25) is 0 Å². The predicted molar refractivity (Wildman–Crippen MR) is 111 cm³/mol. The number of methoxy groups -OCH3 is 2. The Morgan fingerprint density at radius 3 is 2.26 bits per heavy atom. The Kier molecular flexibility index (Phi) is 6.23. The molecule has 3 rings (SSSR count). The maximum atomic E-state index is 13.1. The van der Waals surface area contributed by atoms with Crippen molar-refractivity contribution in [1.82, 2.24) is 4.90 Å². The Balaban J connectivity index is 1.64. The number of halogens is 2. The highest BCUT2D eigenvalue weighted by Gasteiger charge is 2.20. The number of nitrogens with zero attached hydrogens (tertiary/aromatic N) is 2. The molecule has 0 amide bonds. The minimum absolute atomic E-state index is 0.227. The van der Waals surface area contributed by atoms with Gasteiger partial charge >= 0.3 is 0 Å². The van der Waals surface area contributed by atoms with E-state index >= 15 is 0 Å². The average molecular weight is 410 g/mol. The lowest BCUT2D eigenvalue weighted by Gasteiger charge is -2.37. The second kappa shape index (κ2) is 8.63. The van der Waals surface area contributed by atoms with Crippen molar-refractivity contribution in [3.8, 4) is 11.5 Å². The molecule has 1 aliphatic heterocycles. The van der Waals surface area contributed by atoms with Crippen LogP contribution in [0.25, 0.3) is 0 Å². The lowest BCUT2D eigenvalue weighted by atomic mass is 10.2. The highest BCUT2D eigenvalue weighted by molar-refractivity contribution is 7.80. The molecular weight excluding hydrogens is 389 g/mol. The van der Waals surface area contributed by atoms with Crippen LogP contribution in [0, 0.1) is 5.82 Å². The lowest BCUT2D eigenvalue weighted by Crippen LogP contribution is -2.50. The zero-order chi connectivity index (χ0) is 19.4. The molecule has 1 heterocycles. The summed E-state index contributed by atoms with van der Waals surface area (Å²) in [7, 11) is 3.14. The quantitative estimate of drug-likeness (QED) is 0.769. The molecule has 1 fully saturated rings. The summed E-state index contributed by atoms with van der Waals surface area (Å²) in [6.45, 7) is 3.12. The van der Waals surface area contributed by atoms with E-state index in [1.54, 1.807) is 38.5 Å². The van der Waals surface area contributed by atoms with Crippen molar-refractivity contribution >= 4 is 40.3 Å². The maximum Gasteiger partial charge on any atom is 0.173 e. The molecule has 144 valence electrons. The summed E-state index contributed by atoms with van der Waals surface area (Å²) >= 11 is 11.7. The van der Waals surface area contributed by atoms with Crippen LogP contribution < -0.4 is 19.7 Å². The number of rotatable bonds is 4. The summed E-state index contributed by atoms with van der Waals surface area (Å²) in [6, 6.07) is 10.0. The number of anilines is 2. The molecule has 2 aromatic rings. The number of piperazine rings is 1. The molecule has 2 aromatic carbocycles. The average Bonchev–Trinajstić information content (AvgIpc) is 2.69. The monoisotopic (exact) mass is 409 g/mol. The van der Waals surface area contributed by atoms with Crippen LogP contribution in [0.1, 0.15) is 0 Å². The van der Waals surface area contributed by atoms with Gasteiger partial charge < -0.3 is 24.6 Å². The van der Waals surface area contributed by atoms with Crippen molar-refractivity contribution < 1.29 is 13.9 Å². The Labute approximate surface area is 168 Å². The maximum absolute atomic E-state index is 13.1. The summed E-state index contributed by atoms with van der Waals surface area (Å²) in [5.41, 5.74) is 1.71.